The fraction of sp³-hybridized carbons (Fsp3) is 0.400. The third-order valence-electron chi connectivity index (χ3n) is 3.90. The van der Waals surface area contributed by atoms with Crippen LogP contribution in [-0.4, -0.2) is 63.7 Å². The van der Waals surface area contributed by atoms with Crippen LogP contribution in [0.25, 0.3) is 5.69 Å². The second kappa shape index (κ2) is 6.15. The van der Waals surface area contributed by atoms with Crippen molar-refractivity contribution in [2.45, 2.75) is 6.92 Å². The summed E-state index contributed by atoms with van der Waals surface area (Å²) in [5.74, 6) is -0.595. The van der Waals surface area contributed by atoms with Crippen LogP contribution in [0.4, 0.5) is 5.82 Å². The summed E-state index contributed by atoms with van der Waals surface area (Å²) in [6.45, 7) is 6.49. The van der Waals surface area contributed by atoms with Gasteiger partial charge in [0, 0.05) is 26.2 Å². The third kappa shape index (κ3) is 2.80. The number of likely N-dealkylation sites (N-methyl/N-ethyl adjacent to an activating group) is 1. The molecule has 1 saturated heterocycles. The summed E-state index contributed by atoms with van der Waals surface area (Å²) in [5, 5.41) is 18.0. The predicted octanol–water partition coefficient (Wildman–Crippen LogP) is 1.11. The van der Waals surface area contributed by atoms with Gasteiger partial charge < -0.3 is 14.9 Å². The molecule has 1 aromatic heterocycles. The van der Waals surface area contributed by atoms with E-state index in [0.717, 1.165) is 38.4 Å². The van der Waals surface area contributed by atoms with Gasteiger partial charge in [-0.2, -0.15) is 0 Å². The van der Waals surface area contributed by atoms with Gasteiger partial charge in [-0.15, -0.1) is 15.0 Å². The number of carbonyl (C=O) groups is 1. The van der Waals surface area contributed by atoms with Gasteiger partial charge in [-0.1, -0.05) is 25.1 Å². The molecule has 0 unspecified atom stereocenters. The largest absolute Gasteiger partial charge is 0.476 e. The number of hydrogen-bond donors (Lipinski definition) is 1. The monoisotopic (exact) mass is 301 g/mol. The molecule has 7 heteroatoms. The summed E-state index contributed by atoms with van der Waals surface area (Å²) in [4.78, 5) is 17.2. The Kier molecular flexibility index (Phi) is 4.06. The summed E-state index contributed by atoms with van der Waals surface area (Å²) in [6, 6.07) is 9.35. The number of benzene rings is 1. The van der Waals surface area contributed by atoms with Crippen LogP contribution in [0.3, 0.4) is 0 Å². The Balaban J connectivity index is 1.90. The van der Waals surface area contributed by atoms with Crippen molar-refractivity contribution in [3.8, 4) is 5.69 Å². The highest BCUT2D eigenvalue weighted by Crippen LogP contribution is 2.19. The number of hydrogen-bond acceptors (Lipinski definition) is 5. The molecule has 3 rings (SSSR count). The Morgan fingerprint density at radius 3 is 2.41 bits per heavy atom. The average Bonchev–Trinajstić information content (AvgIpc) is 3.01. The van der Waals surface area contributed by atoms with Crippen LogP contribution in [0.15, 0.2) is 30.3 Å². The number of piperazine rings is 1. The quantitative estimate of drug-likeness (QED) is 0.912. The molecule has 0 bridgehead atoms. The van der Waals surface area contributed by atoms with Crippen LogP contribution in [0.2, 0.25) is 0 Å². The number of aromatic carboxylic acids is 1. The van der Waals surface area contributed by atoms with Crippen LogP contribution >= 0.6 is 0 Å². The van der Waals surface area contributed by atoms with Crippen LogP contribution in [0, 0.1) is 0 Å². The van der Waals surface area contributed by atoms with Crippen molar-refractivity contribution in [3.05, 3.63) is 36.0 Å². The first kappa shape index (κ1) is 14.5. The summed E-state index contributed by atoms with van der Waals surface area (Å²) in [7, 11) is 0. The first-order valence-corrected chi connectivity index (χ1v) is 7.42. The van der Waals surface area contributed by atoms with Gasteiger partial charge in [-0.3, -0.25) is 0 Å². The Hall–Kier alpha value is -2.41. The van der Waals surface area contributed by atoms with E-state index in [1.165, 1.54) is 4.80 Å². The molecule has 7 nitrogen and oxygen atoms in total. The molecule has 1 aliphatic heterocycles. The smallest absolute Gasteiger partial charge is 0.360 e. The molecule has 116 valence electrons. The van der Waals surface area contributed by atoms with Crippen molar-refractivity contribution in [1.82, 2.24) is 19.9 Å². The van der Waals surface area contributed by atoms with Crippen molar-refractivity contribution >= 4 is 11.8 Å². The molecule has 1 fully saturated rings. The van der Waals surface area contributed by atoms with Gasteiger partial charge in [0.1, 0.15) is 0 Å². The second-order valence-electron chi connectivity index (χ2n) is 5.22. The first-order chi connectivity index (χ1) is 10.7. The van der Waals surface area contributed by atoms with Gasteiger partial charge in [0.2, 0.25) is 5.69 Å². The molecule has 1 aliphatic rings. The van der Waals surface area contributed by atoms with Crippen molar-refractivity contribution in [3.63, 3.8) is 0 Å². The molecule has 1 N–H and O–H groups in total. The van der Waals surface area contributed by atoms with E-state index in [1.54, 1.807) is 0 Å². The molecular formula is C15H19N5O2. The molecule has 0 atom stereocenters. The van der Waals surface area contributed by atoms with Gasteiger partial charge in [0.05, 0.1) is 5.69 Å². The van der Waals surface area contributed by atoms with Gasteiger partial charge in [0.15, 0.2) is 5.82 Å². The van der Waals surface area contributed by atoms with E-state index < -0.39 is 5.97 Å². The van der Waals surface area contributed by atoms with E-state index in [1.807, 2.05) is 35.2 Å². The SMILES string of the molecule is CCN1CCN(c2nn(-c3ccccc3)nc2C(=O)O)CC1. The van der Waals surface area contributed by atoms with Gasteiger partial charge in [0.25, 0.3) is 0 Å². The van der Waals surface area contributed by atoms with E-state index in [9.17, 15) is 9.90 Å². The Labute approximate surface area is 128 Å². The third-order valence-corrected chi connectivity index (χ3v) is 3.90. The summed E-state index contributed by atoms with van der Waals surface area (Å²) >= 11 is 0. The van der Waals surface area contributed by atoms with Gasteiger partial charge in [-0.25, -0.2) is 4.79 Å². The molecule has 0 amide bonds. The van der Waals surface area contributed by atoms with Crippen LogP contribution < -0.4 is 4.90 Å². The van der Waals surface area contributed by atoms with Gasteiger partial charge in [-0.05, 0) is 18.7 Å². The number of carboxylic acids is 1. The lowest BCUT2D eigenvalue weighted by molar-refractivity contribution is 0.0690. The lowest BCUT2D eigenvalue weighted by atomic mass is 10.3. The van der Waals surface area contributed by atoms with Crippen LogP contribution in [0.5, 0.6) is 0 Å². The van der Waals surface area contributed by atoms with E-state index in [2.05, 4.69) is 22.0 Å². The van der Waals surface area contributed by atoms with E-state index in [4.69, 9.17) is 0 Å². The standard InChI is InChI=1S/C15H19N5O2/c1-2-18-8-10-19(11-9-18)14-13(15(21)22)16-20(17-14)12-6-4-3-5-7-12/h3-7H,2,8-11H2,1H3,(H,21,22). The lowest BCUT2D eigenvalue weighted by Crippen LogP contribution is -2.46. The zero-order valence-corrected chi connectivity index (χ0v) is 12.5. The molecule has 2 heterocycles. The normalized spacial score (nSPS) is 16.0. The summed E-state index contributed by atoms with van der Waals surface area (Å²) < 4.78 is 0. The first-order valence-electron chi connectivity index (χ1n) is 7.42. The molecule has 0 aliphatic carbocycles. The van der Waals surface area contributed by atoms with E-state index >= 15 is 0 Å². The molecule has 0 saturated carbocycles. The average molecular weight is 301 g/mol. The Morgan fingerprint density at radius 2 is 1.82 bits per heavy atom. The minimum Gasteiger partial charge on any atom is -0.476 e. The van der Waals surface area contributed by atoms with Crippen molar-refractivity contribution in [2.24, 2.45) is 0 Å². The van der Waals surface area contributed by atoms with Crippen LogP contribution in [0.1, 0.15) is 17.4 Å². The highest BCUT2D eigenvalue weighted by molar-refractivity contribution is 5.91. The fourth-order valence-electron chi connectivity index (χ4n) is 2.60. The van der Waals surface area contributed by atoms with Crippen LogP contribution in [-0.2, 0) is 0 Å². The Morgan fingerprint density at radius 1 is 1.14 bits per heavy atom. The maximum atomic E-state index is 11.5. The van der Waals surface area contributed by atoms with E-state index in [-0.39, 0.29) is 5.69 Å². The molecule has 2 aromatic rings. The second-order valence-corrected chi connectivity index (χ2v) is 5.22. The molecule has 1 aromatic carbocycles. The fourth-order valence-corrected chi connectivity index (χ4v) is 2.60. The lowest BCUT2D eigenvalue weighted by Gasteiger charge is -2.34. The zero-order valence-electron chi connectivity index (χ0n) is 12.5. The van der Waals surface area contributed by atoms with Gasteiger partial charge >= 0.3 is 5.97 Å². The number of carboxylic acid groups (broad SMARTS) is 1. The minimum atomic E-state index is -1.05. The number of rotatable bonds is 4. The topological polar surface area (TPSA) is 74.5 Å². The maximum absolute atomic E-state index is 11.5. The number of anilines is 1. The zero-order chi connectivity index (χ0) is 15.5. The van der Waals surface area contributed by atoms with Crippen molar-refractivity contribution in [1.29, 1.82) is 0 Å². The highest BCUT2D eigenvalue weighted by Gasteiger charge is 2.26. The molecular weight excluding hydrogens is 282 g/mol. The predicted molar refractivity (Wildman–Crippen MR) is 82.6 cm³/mol. The van der Waals surface area contributed by atoms with Crippen molar-refractivity contribution < 1.29 is 9.90 Å². The van der Waals surface area contributed by atoms with E-state index in [0.29, 0.717) is 5.82 Å². The minimum absolute atomic E-state index is 0.00815. The number of para-hydroxylation sites is 1. The molecule has 0 spiro atoms. The summed E-state index contributed by atoms with van der Waals surface area (Å²) in [5.41, 5.74) is 0.761. The highest BCUT2D eigenvalue weighted by atomic mass is 16.4. The molecule has 0 radical (unpaired) electrons. The number of nitrogens with zero attached hydrogens (tertiary/aromatic N) is 5. The maximum Gasteiger partial charge on any atom is 0.360 e. The number of aromatic nitrogens is 3. The summed E-state index contributed by atoms with van der Waals surface area (Å²) in [6.07, 6.45) is 0. The molecule has 22 heavy (non-hydrogen) atoms. The Bertz CT molecular complexity index is 647. The van der Waals surface area contributed by atoms with Crippen molar-refractivity contribution in [2.75, 3.05) is 37.6 Å².